The zero-order valence-corrected chi connectivity index (χ0v) is 16.8. The van der Waals surface area contributed by atoms with Crippen molar-refractivity contribution < 1.29 is 33.3 Å². The largest absolute Gasteiger partial charge is 0.469 e. The Labute approximate surface area is 166 Å². The van der Waals surface area contributed by atoms with Crippen LogP contribution in [0, 0.1) is 11.8 Å². The van der Waals surface area contributed by atoms with E-state index < -0.39 is 0 Å². The molecule has 1 saturated carbocycles. The number of carbonyl (C=O) groups is 3. The first-order valence-corrected chi connectivity index (χ1v) is 10.2. The van der Waals surface area contributed by atoms with Crippen molar-refractivity contribution >= 4 is 18.2 Å². The fraction of sp³-hybridized carbons (Fsp3) is 0.762. The summed E-state index contributed by atoms with van der Waals surface area (Å²) in [6.07, 6.45) is 9.85. The average molecular weight is 396 g/mol. The van der Waals surface area contributed by atoms with Gasteiger partial charge < -0.3 is 23.7 Å². The van der Waals surface area contributed by atoms with Gasteiger partial charge in [-0.3, -0.25) is 9.59 Å². The van der Waals surface area contributed by atoms with Gasteiger partial charge in [0.2, 0.25) is 0 Å². The SMILES string of the molecule is COC(=O)CCCC=CC[C@H]1[C@H](C=O)[C@@H](OC2CCCCO2)C[C@H]1OC(C)=O. The van der Waals surface area contributed by atoms with Crippen LogP contribution in [-0.4, -0.2) is 50.4 Å². The molecule has 7 heteroatoms. The lowest BCUT2D eigenvalue weighted by atomic mass is 9.91. The second-order valence-electron chi connectivity index (χ2n) is 7.41. The van der Waals surface area contributed by atoms with Crippen molar-refractivity contribution in [1.82, 2.24) is 0 Å². The Morgan fingerprint density at radius 3 is 2.64 bits per heavy atom. The van der Waals surface area contributed by atoms with Gasteiger partial charge in [0.25, 0.3) is 0 Å². The molecule has 1 saturated heterocycles. The molecule has 0 amide bonds. The topological polar surface area (TPSA) is 88.1 Å². The molecular weight excluding hydrogens is 364 g/mol. The summed E-state index contributed by atoms with van der Waals surface area (Å²) in [7, 11) is 1.38. The molecule has 0 aromatic heterocycles. The van der Waals surface area contributed by atoms with E-state index in [-0.39, 0.29) is 42.3 Å². The van der Waals surface area contributed by atoms with E-state index in [0.717, 1.165) is 32.0 Å². The minimum Gasteiger partial charge on any atom is -0.469 e. The number of ether oxygens (including phenoxy) is 4. The van der Waals surface area contributed by atoms with Gasteiger partial charge in [-0.15, -0.1) is 0 Å². The number of carbonyl (C=O) groups excluding carboxylic acids is 3. The number of esters is 2. The lowest BCUT2D eigenvalue weighted by Crippen LogP contribution is -2.32. The quantitative estimate of drug-likeness (QED) is 0.243. The standard InChI is InChI=1S/C21H32O7/c1-15(23)27-18-13-19(28-21-11-7-8-12-26-21)17(14-22)16(18)9-5-3-4-6-10-20(24)25-2/h3,5,14,16-19,21H,4,6-13H2,1-2H3/t16-,17-,18+,19-,21?/m0/s1. The third-order valence-corrected chi connectivity index (χ3v) is 5.36. The zero-order chi connectivity index (χ0) is 20.4. The Morgan fingerprint density at radius 2 is 2.00 bits per heavy atom. The molecular formula is C21H32O7. The summed E-state index contributed by atoms with van der Waals surface area (Å²) in [5, 5.41) is 0. The molecule has 0 N–H and O–H groups in total. The van der Waals surface area contributed by atoms with Gasteiger partial charge in [-0.25, -0.2) is 0 Å². The maximum absolute atomic E-state index is 11.8. The second-order valence-corrected chi connectivity index (χ2v) is 7.41. The molecule has 0 spiro atoms. The number of hydrogen-bond donors (Lipinski definition) is 0. The lowest BCUT2D eigenvalue weighted by molar-refractivity contribution is -0.195. The number of aldehydes is 1. The van der Waals surface area contributed by atoms with Crippen LogP contribution in [0.4, 0.5) is 0 Å². The Kier molecular flexibility index (Phi) is 9.64. The second kappa shape index (κ2) is 12.0. The fourth-order valence-electron chi connectivity index (χ4n) is 3.93. The van der Waals surface area contributed by atoms with Crippen molar-refractivity contribution in [2.45, 2.75) is 76.8 Å². The van der Waals surface area contributed by atoms with Gasteiger partial charge in [0, 0.05) is 38.2 Å². The monoisotopic (exact) mass is 396 g/mol. The van der Waals surface area contributed by atoms with Crippen LogP contribution < -0.4 is 0 Å². The summed E-state index contributed by atoms with van der Waals surface area (Å²) in [5.74, 6) is -1.03. The van der Waals surface area contributed by atoms with E-state index in [4.69, 9.17) is 14.2 Å². The van der Waals surface area contributed by atoms with Crippen LogP contribution in [0.3, 0.4) is 0 Å². The maximum atomic E-state index is 11.8. The molecule has 158 valence electrons. The summed E-state index contributed by atoms with van der Waals surface area (Å²) in [6.45, 7) is 2.06. The van der Waals surface area contributed by atoms with Gasteiger partial charge in [-0.1, -0.05) is 12.2 Å². The van der Waals surface area contributed by atoms with Gasteiger partial charge in [0.15, 0.2) is 6.29 Å². The van der Waals surface area contributed by atoms with Crippen molar-refractivity contribution in [1.29, 1.82) is 0 Å². The highest BCUT2D eigenvalue weighted by molar-refractivity contribution is 5.69. The van der Waals surface area contributed by atoms with Gasteiger partial charge >= 0.3 is 11.9 Å². The van der Waals surface area contributed by atoms with Crippen molar-refractivity contribution in [3.05, 3.63) is 12.2 Å². The summed E-state index contributed by atoms with van der Waals surface area (Å²) in [4.78, 5) is 34.4. The van der Waals surface area contributed by atoms with Gasteiger partial charge in [0.1, 0.15) is 12.4 Å². The predicted octanol–water partition coefficient (Wildman–Crippen LogP) is 2.95. The van der Waals surface area contributed by atoms with Crippen molar-refractivity contribution in [2.75, 3.05) is 13.7 Å². The molecule has 1 aliphatic carbocycles. The molecule has 0 radical (unpaired) electrons. The average Bonchev–Trinajstić information content (AvgIpc) is 3.00. The van der Waals surface area contributed by atoms with Crippen LogP contribution in [-0.2, 0) is 33.3 Å². The lowest BCUT2D eigenvalue weighted by Gasteiger charge is -2.27. The van der Waals surface area contributed by atoms with Crippen LogP contribution >= 0.6 is 0 Å². The Bertz CT molecular complexity index is 539. The highest BCUT2D eigenvalue weighted by Gasteiger charge is 2.46. The van der Waals surface area contributed by atoms with E-state index in [9.17, 15) is 14.4 Å². The highest BCUT2D eigenvalue weighted by Crippen LogP contribution is 2.39. The predicted molar refractivity (Wildman–Crippen MR) is 101 cm³/mol. The van der Waals surface area contributed by atoms with Crippen LogP contribution in [0.1, 0.15) is 58.3 Å². The van der Waals surface area contributed by atoms with E-state index >= 15 is 0 Å². The minimum absolute atomic E-state index is 0.119. The van der Waals surface area contributed by atoms with Gasteiger partial charge in [-0.2, -0.15) is 0 Å². The Balaban J connectivity index is 1.91. The van der Waals surface area contributed by atoms with E-state index in [1.54, 1.807) is 0 Å². The Morgan fingerprint density at radius 1 is 1.18 bits per heavy atom. The summed E-state index contributed by atoms with van der Waals surface area (Å²) < 4.78 is 21.8. The first-order valence-electron chi connectivity index (χ1n) is 10.2. The van der Waals surface area contributed by atoms with Crippen LogP contribution in [0.15, 0.2) is 12.2 Å². The molecule has 28 heavy (non-hydrogen) atoms. The highest BCUT2D eigenvalue weighted by atomic mass is 16.7. The first kappa shape index (κ1) is 22.6. The molecule has 7 nitrogen and oxygen atoms in total. The number of methoxy groups -OCH3 is 1. The third-order valence-electron chi connectivity index (χ3n) is 5.36. The van der Waals surface area contributed by atoms with Crippen molar-refractivity contribution in [3.8, 4) is 0 Å². The number of hydrogen-bond acceptors (Lipinski definition) is 7. The number of unbranched alkanes of at least 4 members (excludes halogenated alkanes) is 1. The minimum atomic E-state index is -0.351. The molecule has 2 fully saturated rings. The summed E-state index contributed by atoms with van der Waals surface area (Å²) in [5.41, 5.74) is 0. The molecule has 2 rings (SSSR count). The van der Waals surface area contributed by atoms with Gasteiger partial charge in [0.05, 0.1) is 13.2 Å². The zero-order valence-electron chi connectivity index (χ0n) is 16.8. The summed E-state index contributed by atoms with van der Waals surface area (Å²) >= 11 is 0. The maximum Gasteiger partial charge on any atom is 0.305 e. The Hall–Kier alpha value is -1.73. The molecule has 5 atom stereocenters. The summed E-state index contributed by atoms with van der Waals surface area (Å²) in [6, 6.07) is 0. The molecule has 0 aromatic carbocycles. The third kappa shape index (κ3) is 7.02. The molecule has 0 aromatic rings. The van der Waals surface area contributed by atoms with Gasteiger partial charge in [-0.05, 0) is 38.5 Å². The normalized spacial score (nSPS) is 30.3. The fourth-order valence-corrected chi connectivity index (χ4v) is 3.93. The van der Waals surface area contributed by atoms with E-state index in [1.165, 1.54) is 14.0 Å². The molecule has 0 bridgehead atoms. The van der Waals surface area contributed by atoms with E-state index in [0.29, 0.717) is 32.3 Å². The number of allylic oxidation sites excluding steroid dienone is 2. The first-order chi connectivity index (χ1) is 13.5. The van der Waals surface area contributed by atoms with Crippen LogP contribution in [0.25, 0.3) is 0 Å². The van der Waals surface area contributed by atoms with Crippen molar-refractivity contribution in [3.63, 3.8) is 0 Å². The van der Waals surface area contributed by atoms with E-state index in [2.05, 4.69) is 4.74 Å². The molecule has 1 aliphatic heterocycles. The molecule has 1 unspecified atom stereocenters. The van der Waals surface area contributed by atoms with E-state index in [1.807, 2.05) is 12.2 Å². The molecule has 1 heterocycles. The van der Waals surface area contributed by atoms with Crippen LogP contribution in [0.2, 0.25) is 0 Å². The molecule has 2 aliphatic rings. The van der Waals surface area contributed by atoms with Crippen molar-refractivity contribution in [2.24, 2.45) is 11.8 Å². The smallest absolute Gasteiger partial charge is 0.305 e. The van der Waals surface area contributed by atoms with Crippen LogP contribution in [0.5, 0.6) is 0 Å². The number of rotatable bonds is 10.